The summed E-state index contributed by atoms with van der Waals surface area (Å²) in [5.41, 5.74) is 3.27. The molecule has 0 bridgehead atoms. The van der Waals surface area contributed by atoms with E-state index in [9.17, 15) is 23.9 Å². The van der Waals surface area contributed by atoms with Gasteiger partial charge in [-0.2, -0.15) is 0 Å². The minimum Gasteiger partial charge on any atom is -0.479 e. The third kappa shape index (κ3) is 4.04. The Labute approximate surface area is 165 Å². The van der Waals surface area contributed by atoms with Gasteiger partial charge in [-0.15, -0.1) is 0 Å². The molecule has 2 heterocycles. The van der Waals surface area contributed by atoms with Crippen molar-refractivity contribution in [2.75, 3.05) is 11.9 Å². The van der Waals surface area contributed by atoms with Gasteiger partial charge >= 0.3 is 5.97 Å². The number of aliphatic hydroxyl groups is 1. The first-order chi connectivity index (χ1) is 13.7. The van der Waals surface area contributed by atoms with E-state index in [0.29, 0.717) is 33.8 Å². The Morgan fingerprint density at radius 1 is 1.31 bits per heavy atom. The van der Waals surface area contributed by atoms with Gasteiger partial charge in [0.15, 0.2) is 6.10 Å². The number of rotatable bonds is 6. The van der Waals surface area contributed by atoms with Crippen LogP contribution in [0.2, 0.25) is 0 Å². The molecule has 0 unspecified atom stereocenters. The molecule has 5 N–H and O–H groups in total. The predicted octanol–water partition coefficient (Wildman–Crippen LogP) is 1.83. The van der Waals surface area contributed by atoms with Gasteiger partial charge < -0.3 is 25.8 Å². The third-order valence-electron chi connectivity index (χ3n) is 4.74. The van der Waals surface area contributed by atoms with E-state index in [-0.39, 0.29) is 24.4 Å². The number of benzene rings is 1. The highest BCUT2D eigenvalue weighted by Crippen LogP contribution is 2.34. The predicted molar refractivity (Wildman–Crippen MR) is 104 cm³/mol. The highest BCUT2D eigenvalue weighted by Gasteiger charge is 2.26. The highest BCUT2D eigenvalue weighted by molar-refractivity contribution is 6.34. The molecule has 29 heavy (non-hydrogen) atoms. The average molecular weight is 401 g/mol. The van der Waals surface area contributed by atoms with Gasteiger partial charge in [0.2, 0.25) is 0 Å². The number of halogens is 1. The molecule has 1 aromatic heterocycles. The number of hydrogen-bond donors (Lipinski definition) is 5. The van der Waals surface area contributed by atoms with Crippen molar-refractivity contribution in [3.63, 3.8) is 0 Å². The highest BCUT2D eigenvalue weighted by atomic mass is 19.1. The van der Waals surface area contributed by atoms with Gasteiger partial charge in [-0.1, -0.05) is 0 Å². The smallest absolute Gasteiger partial charge is 0.332 e. The lowest BCUT2D eigenvalue weighted by molar-refractivity contribution is -0.146. The lowest BCUT2D eigenvalue weighted by atomic mass is 10.0. The van der Waals surface area contributed by atoms with E-state index in [2.05, 4.69) is 15.6 Å². The summed E-state index contributed by atoms with van der Waals surface area (Å²) in [6.45, 7) is 3.39. The normalized spacial score (nSPS) is 15.2. The Bertz CT molecular complexity index is 1040. The van der Waals surface area contributed by atoms with Crippen molar-refractivity contribution in [2.24, 2.45) is 0 Å². The molecule has 3 rings (SSSR count). The Hall–Kier alpha value is -3.46. The monoisotopic (exact) mass is 401 g/mol. The molecule has 1 aliphatic rings. The Kier molecular flexibility index (Phi) is 5.51. The fraction of sp³-hybridized carbons (Fsp3) is 0.250. The van der Waals surface area contributed by atoms with Crippen LogP contribution in [-0.4, -0.2) is 45.6 Å². The van der Waals surface area contributed by atoms with Crippen LogP contribution in [0.25, 0.3) is 11.6 Å². The Morgan fingerprint density at radius 2 is 2.03 bits per heavy atom. The standard InChI is InChI=1S/C20H20FN3O5/c1-9-15(8-13-12-7-11(21)3-4-14(12)24-18(13)26)23-10(2)17(9)19(27)22-6-5-16(25)20(28)29/h3-4,7-8,16,23,25H,5-6H2,1-2H3,(H,22,27)(H,24,26)(H,28,29)/b13-8-/t16-/m0/s1. The van der Waals surface area contributed by atoms with Crippen LogP contribution in [0.3, 0.4) is 0 Å². The second-order valence-corrected chi connectivity index (χ2v) is 6.76. The number of amides is 2. The number of anilines is 1. The SMILES string of the molecule is Cc1[nH]c(/C=C2\C(=O)Nc3ccc(F)cc32)c(C)c1C(=O)NCC[C@H](O)C(=O)O. The van der Waals surface area contributed by atoms with E-state index < -0.39 is 23.8 Å². The van der Waals surface area contributed by atoms with Gasteiger partial charge in [-0.05, 0) is 43.7 Å². The van der Waals surface area contributed by atoms with E-state index in [4.69, 9.17) is 5.11 Å². The maximum atomic E-state index is 13.6. The maximum absolute atomic E-state index is 13.6. The van der Waals surface area contributed by atoms with Crippen LogP contribution in [0.15, 0.2) is 18.2 Å². The second kappa shape index (κ2) is 7.88. The third-order valence-corrected chi connectivity index (χ3v) is 4.74. The molecule has 1 aromatic carbocycles. The first kappa shape index (κ1) is 20.3. The summed E-state index contributed by atoms with van der Waals surface area (Å²) >= 11 is 0. The Morgan fingerprint density at radius 3 is 2.72 bits per heavy atom. The second-order valence-electron chi connectivity index (χ2n) is 6.76. The topological polar surface area (TPSA) is 132 Å². The summed E-state index contributed by atoms with van der Waals surface area (Å²) in [4.78, 5) is 38.4. The molecule has 9 heteroatoms. The molecule has 1 atom stereocenters. The van der Waals surface area contributed by atoms with E-state index in [1.54, 1.807) is 19.9 Å². The van der Waals surface area contributed by atoms with Crippen LogP contribution in [0.5, 0.6) is 0 Å². The molecule has 152 valence electrons. The van der Waals surface area contributed by atoms with Crippen LogP contribution < -0.4 is 10.6 Å². The van der Waals surface area contributed by atoms with Crippen molar-refractivity contribution < 1.29 is 29.0 Å². The van der Waals surface area contributed by atoms with E-state index in [0.717, 1.165) is 0 Å². The Balaban J connectivity index is 1.84. The van der Waals surface area contributed by atoms with Crippen LogP contribution in [0.4, 0.5) is 10.1 Å². The number of carbonyl (C=O) groups excluding carboxylic acids is 2. The lowest BCUT2D eigenvalue weighted by Crippen LogP contribution is -2.30. The number of aromatic amines is 1. The summed E-state index contributed by atoms with van der Waals surface area (Å²) in [7, 11) is 0. The zero-order valence-corrected chi connectivity index (χ0v) is 15.8. The summed E-state index contributed by atoms with van der Waals surface area (Å²) < 4.78 is 13.6. The van der Waals surface area contributed by atoms with Crippen molar-refractivity contribution in [3.8, 4) is 0 Å². The van der Waals surface area contributed by atoms with Crippen molar-refractivity contribution in [1.29, 1.82) is 0 Å². The molecule has 8 nitrogen and oxygen atoms in total. The summed E-state index contributed by atoms with van der Waals surface area (Å²) in [5.74, 6) is -2.62. The molecular weight excluding hydrogens is 381 g/mol. The van der Waals surface area contributed by atoms with Gasteiger partial charge in [0.1, 0.15) is 5.82 Å². The minimum absolute atomic E-state index is 0.0121. The maximum Gasteiger partial charge on any atom is 0.332 e. The van der Waals surface area contributed by atoms with Crippen LogP contribution in [0.1, 0.15) is 39.3 Å². The number of aryl methyl sites for hydroxylation is 1. The number of fused-ring (bicyclic) bond motifs is 1. The first-order valence-electron chi connectivity index (χ1n) is 8.90. The molecule has 1 aliphatic heterocycles. The quantitative estimate of drug-likeness (QED) is 0.471. The van der Waals surface area contributed by atoms with Gasteiger partial charge in [-0.25, -0.2) is 9.18 Å². The van der Waals surface area contributed by atoms with Crippen molar-refractivity contribution >= 4 is 35.1 Å². The number of carboxylic acids is 1. The first-order valence-corrected chi connectivity index (χ1v) is 8.90. The van der Waals surface area contributed by atoms with E-state index in [1.165, 1.54) is 18.2 Å². The van der Waals surface area contributed by atoms with E-state index in [1.807, 2.05) is 0 Å². The van der Waals surface area contributed by atoms with Gasteiger partial charge in [0.05, 0.1) is 11.1 Å². The molecule has 2 aromatic rings. The fourth-order valence-corrected chi connectivity index (χ4v) is 3.24. The number of carbonyl (C=O) groups is 3. The molecule has 0 saturated carbocycles. The van der Waals surface area contributed by atoms with Gasteiger partial charge in [-0.3, -0.25) is 9.59 Å². The molecule has 0 saturated heterocycles. The minimum atomic E-state index is -1.55. The van der Waals surface area contributed by atoms with Crippen LogP contribution in [-0.2, 0) is 9.59 Å². The van der Waals surface area contributed by atoms with Crippen LogP contribution >= 0.6 is 0 Å². The zero-order valence-electron chi connectivity index (χ0n) is 15.8. The summed E-state index contributed by atoms with van der Waals surface area (Å²) in [6.07, 6.45) is -0.109. The summed E-state index contributed by atoms with van der Waals surface area (Å²) in [5, 5.41) is 23.2. The molecule has 0 aliphatic carbocycles. The van der Waals surface area contributed by atoms with Crippen molar-refractivity contribution in [2.45, 2.75) is 26.4 Å². The van der Waals surface area contributed by atoms with Crippen molar-refractivity contribution in [3.05, 3.63) is 52.1 Å². The largest absolute Gasteiger partial charge is 0.479 e. The van der Waals surface area contributed by atoms with Gasteiger partial charge in [0, 0.05) is 35.6 Å². The van der Waals surface area contributed by atoms with E-state index >= 15 is 0 Å². The molecule has 0 fully saturated rings. The molecule has 0 radical (unpaired) electrons. The number of aliphatic carboxylic acids is 1. The zero-order chi connectivity index (χ0) is 21.3. The van der Waals surface area contributed by atoms with Gasteiger partial charge in [0.25, 0.3) is 11.8 Å². The number of aromatic nitrogens is 1. The number of hydrogen-bond acceptors (Lipinski definition) is 4. The lowest BCUT2D eigenvalue weighted by Gasteiger charge is -2.08. The number of aliphatic hydroxyl groups excluding tert-OH is 1. The molecular formula is C20H20FN3O5. The molecule has 0 spiro atoms. The average Bonchev–Trinajstić information content (AvgIpc) is 3.11. The number of carboxylic acid groups (broad SMARTS) is 1. The number of nitrogens with one attached hydrogen (secondary N) is 3. The summed E-state index contributed by atoms with van der Waals surface area (Å²) in [6, 6.07) is 4.02. The van der Waals surface area contributed by atoms with Crippen LogP contribution in [0, 0.1) is 19.7 Å². The fourth-order valence-electron chi connectivity index (χ4n) is 3.24. The number of H-pyrrole nitrogens is 1. The molecule has 2 amide bonds. The van der Waals surface area contributed by atoms with Crippen molar-refractivity contribution in [1.82, 2.24) is 10.3 Å².